The van der Waals surface area contributed by atoms with Gasteiger partial charge in [0, 0.05) is 29.8 Å². The van der Waals surface area contributed by atoms with E-state index in [4.69, 9.17) is 4.74 Å². The summed E-state index contributed by atoms with van der Waals surface area (Å²) in [6, 6.07) is 13.0. The molecule has 1 aromatic heterocycles. The summed E-state index contributed by atoms with van der Waals surface area (Å²) in [5, 5.41) is 1.12. The van der Waals surface area contributed by atoms with Gasteiger partial charge in [-0.2, -0.15) is 0 Å². The van der Waals surface area contributed by atoms with Crippen molar-refractivity contribution in [2.45, 2.75) is 32.0 Å². The molecule has 0 fully saturated rings. The van der Waals surface area contributed by atoms with Crippen LogP contribution in [0.1, 0.15) is 29.3 Å². The molecular formula is C22H23BrN2O3S. The highest BCUT2D eigenvalue weighted by atomic mass is 79.9. The predicted molar refractivity (Wildman–Crippen MR) is 121 cm³/mol. The fourth-order valence-electron chi connectivity index (χ4n) is 2.90. The molecule has 3 aromatic rings. The van der Waals surface area contributed by atoms with Crippen LogP contribution in [0.3, 0.4) is 0 Å². The van der Waals surface area contributed by atoms with E-state index in [0.29, 0.717) is 47.8 Å². The summed E-state index contributed by atoms with van der Waals surface area (Å²) in [7, 11) is 0. The molecule has 5 nitrogen and oxygen atoms in total. The zero-order valence-corrected chi connectivity index (χ0v) is 18.9. The molecule has 2 aromatic carbocycles. The number of hydrogen-bond acceptors (Lipinski definition) is 5. The quantitative estimate of drug-likeness (QED) is 0.191. The van der Waals surface area contributed by atoms with E-state index in [1.807, 2.05) is 50.2 Å². The maximum absolute atomic E-state index is 13.1. The van der Waals surface area contributed by atoms with Gasteiger partial charge in [-0.25, -0.2) is 4.98 Å². The molecule has 29 heavy (non-hydrogen) atoms. The molecule has 7 heteroatoms. The Morgan fingerprint density at radius 3 is 2.69 bits per heavy atom. The van der Waals surface area contributed by atoms with E-state index in [-0.39, 0.29) is 17.1 Å². The molecular weight excluding hydrogens is 452 g/mol. The third kappa shape index (κ3) is 5.56. The molecule has 0 N–H and O–H groups in total. The first-order valence-electron chi connectivity index (χ1n) is 9.50. The summed E-state index contributed by atoms with van der Waals surface area (Å²) >= 11 is 4.72. The molecule has 0 aliphatic heterocycles. The highest BCUT2D eigenvalue weighted by Crippen LogP contribution is 2.22. The van der Waals surface area contributed by atoms with Crippen molar-refractivity contribution in [1.82, 2.24) is 9.55 Å². The van der Waals surface area contributed by atoms with Crippen LogP contribution < -0.4 is 5.56 Å². The number of rotatable bonds is 9. The van der Waals surface area contributed by atoms with Crippen LogP contribution >= 0.6 is 27.7 Å². The number of Topliss-reactive ketones (excluding diaryl/α,β-unsaturated/α-hetero) is 1. The molecule has 3 rings (SSSR count). The van der Waals surface area contributed by atoms with Crippen molar-refractivity contribution >= 4 is 44.4 Å². The Morgan fingerprint density at radius 1 is 1.21 bits per heavy atom. The highest BCUT2D eigenvalue weighted by Gasteiger charge is 2.14. The molecule has 0 unspecified atom stereocenters. The number of ketones is 1. The van der Waals surface area contributed by atoms with Crippen LogP contribution in [0.2, 0.25) is 0 Å². The minimum absolute atomic E-state index is 0.0148. The lowest BCUT2D eigenvalue weighted by molar-refractivity contribution is 0.102. The molecule has 0 atom stereocenters. The number of carbonyl (C=O) groups is 1. The fraction of sp³-hybridized carbons (Fsp3) is 0.318. The summed E-state index contributed by atoms with van der Waals surface area (Å²) < 4.78 is 7.89. The number of carbonyl (C=O) groups excluding carboxylic acids is 1. The van der Waals surface area contributed by atoms with Gasteiger partial charge in [0.2, 0.25) is 0 Å². The average Bonchev–Trinajstić information content (AvgIpc) is 2.72. The zero-order valence-electron chi connectivity index (χ0n) is 16.5. The molecule has 152 valence electrons. The van der Waals surface area contributed by atoms with E-state index >= 15 is 0 Å². The molecule has 0 amide bonds. The Hall–Kier alpha value is -1.96. The third-order valence-corrected chi connectivity index (χ3v) is 5.93. The second-order valence-electron chi connectivity index (χ2n) is 6.64. The molecule has 0 saturated carbocycles. The largest absolute Gasteiger partial charge is 0.382 e. The number of hydrogen-bond donors (Lipinski definition) is 0. The molecule has 0 radical (unpaired) electrons. The number of benzene rings is 2. The van der Waals surface area contributed by atoms with Crippen molar-refractivity contribution in [3.63, 3.8) is 0 Å². The number of halogens is 1. The minimum Gasteiger partial charge on any atom is -0.382 e. The zero-order chi connectivity index (χ0) is 20.8. The van der Waals surface area contributed by atoms with Crippen LogP contribution in [-0.2, 0) is 11.3 Å². The van der Waals surface area contributed by atoms with E-state index in [1.165, 1.54) is 11.8 Å². The van der Waals surface area contributed by atoms with E-state index in [9.17, 15) is 9.59 Å². The third-order valence-electron chi connectivity index (χ3n) is 4.46. The number of aryl methyl sites for hydroxylation is 1. The highest BCUT2D eigenvalue weighted by molar-refractivity contribution is 9.10. The van der Waals surface area contributed by atoms with Crippen molar-refractivity contribution < 1.29 is 9.53 Å². The Kier molecular flexibility index (Phi) is 7.64. The van der Waals surface area contributed by atoms with E-state index in [2.05, 4.69) is 20.9 Å². The van der Waals surface area contributed by atoms with Crippen LogP contribution in [0.5, 0.6) is 0 Å². The summed E-state index contributed by atoms with van der Waals surface area (Å²) in [5.41, 5.74) is 2.31. The van der Waals surface area contributed by atoms with Crippen molar-refractivity contribution in [1.29, 1.82) is 0 Å². The Labute approximate surface area is 182 Å². The predicted octanol–water partition coefficient (Wildman–Crippen LogP) is 4.87. The molecule has 0 saturated heterocycles. The monoisotopic (exact) mass is 474 g/mol. The Bertz CT molecular complexity index is 1060. The number of fused-ring (bicyclic) bond motifs is 1. The van der Waals surface area contributed by atoms with Gasteiger partial charge >= 0.3 is 0 Å². The Morgan fingerprint density at radius 2 is 1.97 bits per heavy atom. The van der Waals surface area contributed by atoms with Gasteiger partial charge in [-0.05, 0) is 38.5 Å². The Balaban J connectivity index is 1.87. The molecule has 0 spiro atoms. The summed E-state index contributed by atoms with van der Waals surface area (Å²) in [5.74, 6) is 0.240. The van der Waals surface area contributed by atoms with Gasteiger partial charge in [0.25, 0.3) is 5.56 Å². The van der Waals surface area contributed by atoms with Crippen molar-refractivity contribution in [2.75, 3.05) is 19.0 Å². The van der Waals surface area contributed by atoms with Crippen LogP contribution in [0.25, 0.3) is 10.9 Å². The van der Waals surface area contributed by atoms with Crippen LogP contribution in [0.15, 0.2) is 56.9 Å². The fourth-order valence-corrected chi connectivity index (χ4v) is 4.18. The molecule has 0 bridgehead atoms. The lowest BCUT2D eigenvalue weighted by Gasteiger charge is -2.13. The van der Waals surface area contributed by atoms with E-state index in [0.717, 1.165) is 10.0 Å². The first-order chi connectivity index (χ1) is 14.0. The van der Waals surface area contributed by atoms with Crippen molar-refractivity contribution in [3.8, 4) is 0 Å². The summed E-state index contributed by atoms with van der Waals surface area (Å²) in [4.78, 5) is 30.3. The average molecular weight is 475 g/mol. The van der Waals surface area contributed by atoms with Crippen molar-refractivity contribution in [3.05, 3.63) is 68.4 Å². The first-order valence-corrected chi connectivity index (χ1v) is 11.3. The van der Waals surface area contributed by atoms with E-state index < -0.39 is 0 Å². The topological polar surface area (TPSA) is 61.2 Å². The van der Waals surface area contributed by atoms with Gasteiger partial charge in [-0.15, -0.1) is 0 Å². The molecule has 0 aliphatic rings. The van der Waals surface area contributed by atoms with Gasteiger partial charge in [-0.1, -0.05) is 57.5 Å². The maximum Gasteiger partial charge on any atom is 0.262 e. The second kappa shape index (κ2) is 10.2. The molecule has 1 heterocycles. The number of nitrogens with zero attached hydrogens (tertiary/aromatic N) is 2. The smallest absolute Gasteiger partial charge is 0.262 e. The normalized spacial score (nSPS) is 11.1. The number of ether oxygens (including phenoxy) is 1. The van der Waals surface area contributed by atoms with Gasteiger partial charge in [0.15, 0.2) is 10.9 Å². The SMILES string of the molecule is CCOCCCn1c(SCC(=O)c2ccc(C)cc2)nc2ccc(Br)cc2c1=O. The second-order valence-corrected chi connectivity index (χ2v) is 8.50. The minimum atomic E-state index is -0.0990. The lowest BCUT2D eigenvalue weighted by atomic mass is 10.1. The lowest BCUT2D eigenvalue weighted by Crippen LogP contribution is -2.24. The number of thioether (sulfide) groups is 1. The maximum atomic E-state index is 13.1. The number of aromatic nitrogens is 2. The van der Waals surface area contributed by atoms with Gasteiger partial charge in [-0.3, -0.25) is 14.2 Å². The van der Waals surface area contributed by atoms with Crippen LogP contribution in [-0.4, -0.2) is 34.3 Å². The summed E-state index contributed by atoms with van der Waals surface area (Å²) in [6.07, 6.45) is 0.703. The first kappa shape index (κ1) is 21.7. The van der Waals surface area contributed by atoms with Crippen LogP contribution in [0.4, 0.5) is 0 Å². The van der Waals surface area contributed by atoms with Crippen molar-refractivity contribution in [2.24, 2.45) is 0 Å². The van der Waals surface area contributed by atoms with Gasteiger partial charge < -0.3 is 4.74 Å². The molecule has 0 aliphatic carbocycles. The van der Waals surface area contributed by atoms with Gasteiger partial charge in [0.05, 0.1) is 16.7 Å². The van der Waals surface area contributed by atoms with Crippen LogP contribution in [0, 0.1) is 6.92 Å². The van der Waals surface area contributed by atoms with E-state index in [1.54, 1.807) is 10.6 Å². The standard InChI is InChI=1S/C22H23BrN2O3S/c1-3-28-12-4-11-25-21(27)18-13-17(23)9-10-19(18)24-22(25)29-14-20(26)16-7-5-15(2)6-8-16/h5-10,13H,3-4,11-12,14H2,1-2H3. The van der Waals surface area contributed by atoms with Gasteiger partial charge in [0.1, 0.15) is 0 Å². The summed E-state index contributed by atoms with van der Waals surface area (Å²) in [6.45, 7) is 5.65.